The fourth-order valence-electron chi connectivity index (χ4n) is 5.33. The molecule has 2 heterocycles. The molecule has 1 aromatic heterocycles. The van der Waals surface area contributed by atoms with Gasteiger partial charge in [0.05, 0.1) is 35.2 Å². The summed E-state index contributed by atoms with van der Waals surface area (Å²) < 4.78 is 12.9. The van der Waals surface area contributed by atoms with Crippen molar-refractivity contribution in [2.75, 3.05) is 22.1 Å². The highest BCUT2D eigenvalue weighted by Crippen LogP contribution is 2.39. The minimum atomic E-state index is -0.572. The van der Waals surface area contributed by atoms with E-state index in [9.17, 15) is 14.7 Å². The SMILES string of the molecule is Nc1ccccc1NC(=O)CCCCCCC(=O)Nc1ccc([C@H]2O[C@@H](CSc3ccccn3)C[C@@H](c3ccc(CO)cc3)O2)cc1. The van der Waals surface area contributed by atoms with E-state index < -0.39 is 6.29 Å². The lowest BCUT2D eigenvalue weighted by Crippen LogP contribution is -2.31. The minimum absolute atomic E-state index is 0.00399. The Morgan fingerprint density at radius 1 is 0.809 bits per heavy atom. The number of aliphatic hydroxyl groups is 1. The number of unbranched alkanes of at least 4 members (excludes halogenated alkanes) is 3. The fourth-order valence-corrected chi connectivity index (χ4v) is 6.21. The molecule has 5 rings (SSSR count). The predicted octanol–water partition coefficient (Wildman–Crippen LogP) is 7.41. The number of carbonyl (C=O) groups excluding carboxylic acids is 2. The number of hydrogen-bond donors (Lipinski definition) is 4. The number of aliphatic hydroxyl groups excluding tert-OH is 1. The summed E-state index contributed by atoms with van der Waals surface area (Å²) in [5.74, 6) is 0.629. The zero-order chi connectivity index (χ0) is 32.8. The summed E-state index contributed by atoms with van der Waals surface area (Å²) in [7, 11) is 0. The van der Waals surface area contributed by atoms with Crippen LogP contribution in [0.1, 0.15) is 74.0 Å². The molecule has 0 radical (unpaired) electrons. The molecule has 10 heteroatoms. The normalized spacial score (nSPS) is 17.6. The summed E-state index contributed by atoms with van der Waals surface area (Å²) in [4.78, 5) is 29.2. The second-order valence-corrected chi connectivity index (χ2v) is 12.6. The molecule has 0 unspecified atom stereocenters. The number of nitrogen functional groups attached to an aromatic ring is 1. The van der Waals surface area contributed by atoms with Crippen LogP contribution >= 0.6 is 11.8 Å². The highest BCUT2D eigenvalue weighted by molar-refractivity contribution is 7.99. The molecule has 0 saturated carbocycles. The van der Waals surface area contributed by atoms with Crippen molar-refractivity contribution >= 4 is 40.6 Å². The zero-order valence-corrected chi connectivity index (χ0v) is 27.2. The van der Waals surface area contributed by atoms with Crippen molar-refractivity contribution in [3.8, 4) is 0 Å². The number of para-hydroxylation sites is 2. The Balaban J connectivity index is 1.08. The van der Waals surface area contributed by atoms with Crippen LogP contribution in [0, 0.1) is 0 Å². The van der Waals surface area contributed by atoms with Crippen molar-refractivity contribution in [1.29, 1.82) is 0 Å². The second kappa shape index (κ2) is 17.6. The van der Waals surface area contributed by atoms with Gasteiger partial charge >= 0.3 is 0 Å². The van der Waals surface area contributed by atoms with Gasteiger partial charge in [-0.05, 0) is 60.4 Å². The number of pyridine rings is 1. The topological polar surface area (TPSA) is 136 Å². The van der Waals surface area contributed by atoms with Gasteiger partial charge in [0.25, 0.3) is 0 Å². The third-order valence-corrected chi connectivity index (χ3v) is 9.00. The Labute approximate surface area is 280 Å². The van der Waals surface area contributed by atoms with E-state index in [-0.39, 0.29) is 30.6 Å². The van der Waals surface area contributed by atoms with Crippen LogP contribution in [-0.2, 0) is 25.7 Å². The molecule has 0 spiro atoms. The lowest BCUT2D eigenvalue weighted by atomic mass is 10.0. The molecule has 0 bridgehead atoms. The largest absolute Gasteiger partial charge is 0.397 e. The smallest absolute Gasteiger partial charge is 0.224 e. The molecule has 1 aliphatic rings. The van der Waals surface area contributed by atoms with Gasteiger partial charge in [-0.3, -0.25) is 9.59 Å². The van der Waals surface area contributed by atoms with E-state index in [0.29, 0.717) is 36.3 Å². The van der Waals surface area contributed by atoms with Crippen LogP contribution in [0.15, 0.2) is 102 Å². The van der Waals surface area contributed by atoms with E-state index in [2.05, 4.69) is 15.6 Å². The summed E-state index contributed by atoms with van der Waals surface area (Å²) >= 11 is 1.65. The Hall–Kier alpha value is -4.22. The first-order valence-electron chi connectivity index (χ1n) is 16.1. The number of aromatic nitrogens is 1. The van der Waals surface area contributed by atoms with Crippen LogP contribution in [0.3, 0.4) is 0 Å². The molecule has 47 heavy (non-hydrogen) atoms. The molecule has 1 saturated heterocycles. The van der Waals surface area contributed by atoms with Gasteiger partial charge in [-0.25, -0.2) is 4.98 Å². The number of nitrogens with zero attached hydrogens (tertiary/aromatic N) is 1. The highest BCUT2D eigenvalue weighted by Gasteiger charge is 2.32. The monoisotopic (exact) mass is 654 g/mol. The molecule has 1 aliphatic heterocycles. The number of ether oxygens (including phenoxy) is 2. The molecule has 0 aliphatic carbocycles. The van der Waals surface area contributed by atoms with Gasteiger partial charge in [-0.15, -0.1) is 11.8 Å². The average Bonchev–Trinajstić information content (AvgIpc) is 3.10. The Bertz CT molecular complexity index is 1570. The maximum atomic E-state index is 12.6. The number of amides is 2. The maximum absolute atomic E-state index is 12.6. The van der Waals surface area contributed by atoms with Gasteiger partial charge in [0.2, 0.25) is 11.8 Å². The summed E-state index contributed by atoms with van der Waals surface area (Å²) in [6.07, 6.45) is 5.74. The maximum Gasteiger partial charge on any atom is 0.224 e. The van der Waals surface area contributed by atoms with Crippen LogP contribution in [0.2, 0.25) is 0 Å². The van der Waals surface area contributed by atoms with Crippen molar-refractivity contribution in [2.24, 2.45) is 0 Å². The number of thioether (sulfide) groups is 1. The predicted molar refractivity (Wildman–Crippen MR) is 186 cm³/mol. The third kappa shape index (κ3) is 10.7. The van der Waals surface area contributed by atoms with Gasteiger partial charge in [-0.2, -0.15) is 0 Å². The average molecular weight is 655 g/mol. The summed E-state index contributed by atoms with van der Waals surface area (Å²) in [5, 5.41) is 16.2. The highest BCUT2D eigenvalue weighted by atomic mass is 32.2. The van der Waals surface area contributed by atoms with Gasteiger partial charge in [0.15, 0.2) is 6.29 Å². The minimum Gasteiger partial charge on any atom is -0.397 e. The van der Waals surface area contributed by atoms with Crippen LogP contribution in [0.4, 0.5) is 17.1 Å². The molecule has 2 amide bonds. The number of nitrogens with two attached hydrogens (primary N) is 1. The standard InChI is InChI=1S/C37H42N4O5S/c38-31-9-5-6-10-32(31)41-35(44)12-4-2-1-3-11-34(43)40-29-20-18-28(19-21-29)37-45-30(25-47-36-13-7-8-22-39-36)23-33(46-37)27-16-14-26(24-42)15-17-27/h5-10,13-22,30,33,37,42H,1-4,11-12,23-25,38H2,(H,40,43)(H,41,44)/t30-,33+,37+/m1/s1. The van der Waals surface area contributed by atoms with Crippen LogP contribution < -0.4 is 16.4 Å². The molecular weight excluding hydrogens is 612 g/mol. The summed E-state index contributed by atoms with van der Waals surface area (Å²) in [5.41, 5.74) is 10.5. The molecular formula is C37H42N4O5S. The fraction of sp³-hybridized carbons (Fsp3) is 0.324. The van der Waals surface area contributed by atoms with Crippen molar-refractivity contribution in [2.45, 2.75) is 75.1 Å². The van der Waals surface area contributed by atoms with E-state index in [1.807, 2.05) is 78.9 Å². The first-order valence-corrected chi connectivity index (χ1v) is 17.0. The van der Waals surface area contributed by atoms with E-state index in [1.54, 1.807) is 30.1 Å². The van der Waals surface area contributed by atoms with Gasteiger partial charge in [-0.1, -0.05) is 67.4 Å². The molecule has 5 N–H and O–H groups in total. The van der Waals surface area contributed by atoms with E-state index in [1.165, 1.54) is 0 Å². The van der Waals surface area contributed by atoms with Crippen molar-refractivity contribution in [3.05, 3.63) is 114 Å². The van der Waals surface area contributed by atoms with E-state index in [0.717, 1.165) is 53.2 Å². The van der Waals surface area contributed by atoms with E-state index >= 15 is 0 Å². The Kier molecular flexibility index (Phi) is 12.8. The summed E-state index contributed by atoms with van der Waals surface area (Å²) in [6, 6.07) is 28.5. The lowest BCUT2D eigenvalue weighted by Gasteiger charge is -2.36. The number of anilines is 3. The van der Waals surface area contributed by atoms with Crippen LogP contribution in [0.25, 0.3) is 0 Å². The first-order chi connectivity index (χ1) is 23.0. The number of benzene rings is 3. The Morgan fingerprint density at radius 2 is 1.49 bits per heavy atom. The molecule has 9 nitrogen and oxygen atoms in total. The third-order valence-electron chi connectivity index (χ3n) is 7.93. The number of hydrogen-bond acceptors (Lipinski definition) is 8. The molecule has 246 valence electrons. The number of carbonyl (C=O) groups is 2. The number of rotatable bonds is 15. The second-order valence-electron chi connectivity index (χ2n) is 11.5. The first kappa shape index (κ1) is 34.1. The zero-order valence-electron chi connectivity index (χ0n) is 26.3. The van der Waals surface area contributed by atoms with Crippen molar-refractivity contribution in [1.82, 2.24) is 4.98 Å². The lowest BCUT2D eigenvalue weighted by molar-refractivity contribution is -0.245. The molecule has 3 atom stereocenters. The molecule has 4 aromatic rings. The van der Waals surface area contributed by atoms with Gasteiger partial charge in [0.1, 0.15) is 0 Å². The van der Waals surface area contributed by atoms with E-state index in [4.69, 9.17) is 15.2 Å². The van der Waals surface area contributed by atoms with Crippen molar-refractivity contribution < 1.29 is 24.2 Å². The van der Waals surface area contributed by atoms with Crippen LogP contribution in [0.5, 0.6) is 0 Å². The molecule has 3 aromatic carbocycles. The Morgan fingerprint density at radius 3 is 2.17 bits per heavy atom. The van der Waals surface area contributed by atoms with Gasteiger partial charge < -0.3 is 30.9 Å². The summed E-state index contributed by atoms with van der Waals surface area (Å²) in [6.45, 7) is -0.00399. The van der Waals surface area contributed by atoms with Gasteiger partial charge in [0, 0.05) is 42.5 Å². The van der Waals surface area contributed by atoms with Crippen LogP contribution in [-0.4, -0.2) is 33.8 Å². The van der Waals surface area contributed by atoms with Crippen molar-refractivity contribution in [3.63, 3.8) is 0 Å². The molecule has 1 fully saturated rings. The quantitative estimate of drug-likeness (QED) is 0.0591. The number of nitrogens with one attached hydrogen (secondary N) is 2.